The molecule has 0 amide bonds. The highest BCUT2D eigenvalue weighted by Crippen LogP contribution is 2.04. The van der Waals surface area contributed by atoms with Crippen molar-refractivity contribution in [2.24, 2.45) is 0 Å². The van der Waals surface area contributed by atoms with Gasteiger partial charge in [-0.3, -0.25) is 14.4 Å². The molecule has 0 saturated heterocycles. The van der Waals surface area contributed by atoms with E-state index in [1.54, 1.807) is 42.5 Å². The molecule has 0 spiro atoms. The fourth-order valence-corrected chi connectivity index (χ4v) is 2.45. The zero-order valence-electron chi connectivity index (χ0n) is 13.3. The van der Waals surface area contributed by atoms with E-state index in [1.807, 2.05) is 0 Å². The van der Waals surface area contributed by atoms with E-state index in [2.05, 4.69) is 0 Å². The third-order valence-electron chi connectivity index (χ3n) is 3.81. The summed E-state index contributed by atoms with van der Waals surface area (Å²) in [5.41, 5.74) is -0.326. The van der Waals surface area contributed by atoms with Gasteiger partial charge in [0.1, 0.15) is 5.82 Å². The molecule has 0 fully saturated rings. The van der Waals surface area contributed by atoms with Crippen LogP contribution in [0.1, 0.15) is 15.9 Å². The number of aromatic nitrogens is 2. The fraction of sp³-hybridized carbons (Fsp3) is 0.105. The molecule has 0 saturated carbocycles. The predicted octanol–water partition coefficient (Wildman–Crippen LogP) is 2.08. The van der Waals surface area contributed by atoms with E-state index in [-0.39, 0.29) is 24.7 Å². The first kappa shape index (κ1) is 16.6. The lowest BCUT2D eigenvalue weighted by Gasteiger charge is -2.09. The zero-order valence-corrected chi connectivity index (χ0v) is 13.3. The molecule has 1 heterocycles. The van der Waals surface area contributed by atoms with Gasteiger partial charge in [-0.2, -0.15) is 0 Å². The lowest BCUT2D eigenvalue weighted by Crippen LogP contribution is -2.41. The van der Waals surface area contributed by atoms with Gasteiger partial charge in [-0.05, 0) is 17.7 Å². The van der Waals surface area contributed by atoms with Crippen LogP contribution >= 0.6 is 0 Å². The number of carbonyl (C=O) groups excluding carboxylic acids is 1. The van der Waals surface area contributed by atoms with Gasteiger partial charge in [0.25, 0.3) is 0 Å². The number of halogens is 1. The molecule has 0 aliphatic carbocycles. The van der Waals surface area contributed by atoms with E-state index < -0.39 is 11.1 Å². The van der Waals surface area contributed by atoms with Crippen molar-refractivity contribution in [1.29, 1.82) is 0 Å². The minimum Gasteiger partial charge on any atom is -0.305 e. The third-order valence-corrected chi connectivity index (χ3v) is 3.81. The molecule has 2 aromatic carbocycles. The maximum atomic E-state index is 12.9. The molecule has 5 nitrogen and oxygen atoms in total. The first-order chi connectivity index (χ1) is 12.0. The summed E-state index contributed by atoms with van der Waals surface area (Å²) in [7, 11) is 0. The Balaban J connectivity index is 1.83. The molecule has 3 rings (SSSR count). The largest absolute Gasteiger partial charge is 0.316 e. The Kier molecular flexibility index (Phi) is 4.70. The molecule has 0 atom stereocenters. The van der Waals surface area contributed by atoms with Crippen LogP contribution in [0.2, 0.25) is 0 Å². The van der Waals surface area contributed by atoms with Crippen molar-refractivity contribution >= 4 is 5.78 Å². The van der Waals surface area contributed by atoms with Gasteiger partial charge < -0.3 is 9.13 Å². The molecule has 3 aromatic rings. The predicted molar refractivity (Wildman–Crippen MR) is 91.2 cm³/mol. The highest BCUT2D eigenvalue weighted by molar-refractivity contribution is 5.95. The number of Topliss-reactive ketones (excluding diaryl/α,β-unsaturated/α-hetero) is 1. The third kappa shape index (κ3) is 3.80. The average molecular weight is 338 g/mol. The summed E-state index contributed by atoms with van der Waals surface area (Å²) in [5.74, 6) is -0.621. The fourth-order valence-electron chi connectivity index (χ4n) is 2.45. The van der Waals surface area contributed by atoms with E-state index >= 15 is 0 Å². The second-order valence-electron chi connectivity index (χ2n) is 5.58. The Bertz CT molecular complexity index is 1010. The zero-order chi connectivity index (χ0) is 17.8. The van der Waals surface area contributed by atoms with Crippen molar-refractivity contribution in [2.75, 3.05) is 0 Å². The molecule has 0 aliphatic rings. The maximum Gasteiger partial charge on any atom is 0.316 e. The topological polar surface area (TPSA) is 61.1 Å². The molecule has 0 unspecified atom stereocenters. The minimum absolute atomic E-state index is 0.155. The maximum absolute atomic E-state index is 12.9. The van der Waals surface area contributed by atoms with Crippen LogP contribution in [0.4, 0.5) is 4.39 Å². The van der Waals surface area contributed by atoms with Gasteiger partial charge >= 0.3 is 11.1 Å². The van der Waals surface area contributed by atoms with Crippen LogP contribution in [0.25, 0.3) is 0 Å². The normalized spacial score (nSPS) is 10.6. The minimum atomic E-state index is -0.770. The van der Waals surface area contributed by atoms with Gasteiger partial charge in [0.15, 0.2) is 5.78 Å². The Morgan fingerprint density at radius 3 is 2.12 bits per heavy atom. The number of hydrogen-bond donors (Lipinski definition) is 0. The van der Waals surface area contributed by atoms with Crippen molar-refractivity contribution in [1.82, 2.24) is 9.13 Å². The van der Waals surface area contributed by atoms with Crippen LogP contribution in [0.3, 0.4) is 0 Å². The monoisotopic (exact) mass is 338 g/mol. The van der Waals surface area contributed by atoms with Crippen molar-refractivity contribution < 1.29 is 9.18 Å². The second kappa shape index (κ2) is 7.09. The summed E-state index contributed by atoms with van der Waals surface area (Å²) in [6, 6.07) is 14.2. The number of benzene rings is 2. The van der Waals surface area contributed by atoms with Crippen LogP contribution < -0.4 is 11.1 Å². The van der Waals surface area contributed by atoms with Gasteiger partial charge in [-0.25, -0.2) is 4.39 Å². The van der Waals surface area contributed by atoms with Crippen LogP contribution in [0, 0.1) is 5.82 Å². The van der Waals surface area contributed by atoms with Crippen LogP contribution in [-0.4, -0.2) is 14.9 Å². The van der Waals surface area contributed by atoms with Gasteiger partial charge in [0, 0.05) is 18.0 Å². The Morgan fingerprint density at radius 2 is 1.44 bits per heavy atom. The summed E-state index contributed by atoms with van der Waals surface area (Å²) in [6.45, 7) is -0.0443. The summed E-state index contributed by atoms with van der Waals surface area (Å²) in [4.78, 5) is 36.6. The molecular formula is C19H15FN2O3. The van der Waals surface area contributed by atoms with Crippen LogP contribution in [0.5, 0.6) is 0 Å². The summed E-state index contributed by atoms with van der Waals surface area (Å²) in [5, 5.41) is 0. The quantitative estimate of drug-likeness (QED) is 0.529. The van der Waals surface area contributed by atoms with E-state index in [9.17, 15) is 18.8 Å². The summed E-state index contributed by atoms with van der Waals surface area (Å²) >= 11 is 0. The molecule has 6 heteroatoms. The van der Waals surface area contributed by atoms with E-state index in [1.165, 1.54) is 29.1 Å². The molecule has 0 bridgehead atoms. The van der Waals surface area contributed by atoms with Crippen molar-refractivity contribution in [3.8, 4) is 0 Å². The van der Waals surface area contributed by atoms with Crippen LogP contribution in [-0.2, 0) is 13.1 Å². The van der Waals surface area contributed by atoms with Gasteiger partial charge in [-0.1, -0.05) is 42.5 Å². The lowest BCUT2D eigenvalue weighted by molar-refractivity contribution is 0.0970. The van der Waals surface area contributed by atoms with Crippen molar-refractivity contribution in [2.45, 2.75) is 13.1 Å². The first-order valence-electron chi connectivity index (χ1n) is 7.67. The Hall–Kier alpha value is -3.28. The van der Waals surface area contributed by atoms with Crippen molar-refractivity contribution in [3.05, 3.63) is 105 Å². The second-order valence-corrected chi connectivity index (χ2v) is 5.58. The number of nitrogens with zero attached hydrogens (tertiary/aromatic N) is 2. The summed E-state index contributed by atoms with van der Waals surface area (Å²) < 4.78 is 15.3. The Labute approximate surface area is 142 Å². The average Bonchev–Trinajstić information content (AvgIpc) is 2.64. The Morgan fingerprint density at radius 1 is 0.840 bits per heavy atom. The van der Waals surface area contributed by atoms with Gasteiger partial charge in [0.05, 0.1) is 13.1 Å². The van der Waals surface area contributed by atoms with Gasteiger partial charge in [-0.15, -0.1) is 0 Å². The molecule has 1 aromatic heterocycles. The number of ketones is 1. The molecular weight excluding hydrogens is 323 g/mol. The van der Waals surface area contributed by atoms with E-state index in [4.69, 9.17) is 0 Å². The van der Waals surface area contributed by atoms with E-state index in [0.29, 0.717) is 11.1 Å². The highest BCUT2D eigenvalue weighted by atomic mass is 19.1. The first-order valence-corrected chi connectivity index (χ1v) is 7.67. The van der Waals surface area contributed by atoms with Crippen molar-refractivity contribution in [3.63, 3.8) is 0 Å². The smallest absolute Gasteiger partial charge is 0.305 e. The number of rotatable bonds is 5. The standard InChI is InChI=1S/C19H15FN2O3/c20-16-8-6-14(7-9-16)12-21-10-11-22(19(25)18(21)24)13-17(23)15-4-2-1-3-5-15/h1-11H,12-13H2. The highest BCUT2D eigenvalue weighted by Gasteiger charge is 2.10. The van der Waals surface area contributed by atoms with E-state index in [0.717, 1.165) is 4.57 Å². The lowest BCUT2D eigenvalue weighted by atomic mass is 10.1. The number of hydrogen-bond acceptors (Lipinski definition) is 3. The van der Waals surface area contributed by atoms with Crippen LogP contribution in [0.15, 0.2) is 76.6 Å². The molecule has 0 aliphatic heterocycles. The number of carbonyl (C=O) groups is 1. The molecule has 126 valence electrons. The molecule has 0 N–H and O–H groups in total. The molecule has 25 heavy (non-hydrogen) atoms. The van der Waals surface area contributed by atoms with Gasteiger partial charge in [0.2, 0.25) is 0 Å². The SMILES string of the molecule is O=C(Cn1ccn(Cc2ccc(F)cc2)c(=O)c1=O)c1ccccc1. The molecule has 0 radical (unpaired) electrons. The summed E-state index contributed by atoms with van der Waals surface area (Å²) in [6.07, 6.45) is 2.86.